The summed E-state index contributed by atoms with van der Waals surface area (Å²) < 4.78 is 32.0. The Morgan fingerprint density at radius 2 is 2.00 bits per heavy atom. The molecule has 1 saturated carbocycles. The predicted octanol–water partition coefficient (Wildman–Crippen LogP) is 3.09. The molecule has 0 bridgehead atoms. The Kier molecular flexibility index (Phi) is 4.88. The molecule has 1 aliphatic rings. The van der Waals surface area contributed by atoms with E-state index in [2.05, 4.69) is 5.32 Å². The Hall–Kier alpha value is -2.96. The lowest BCUT2D eigenvalue weighted by molar-refractivity contribution is -0.122. The summed E-state index contributed by atoms with van der Waals surface area (Å²) in [5, 5.41) is 11.9. The van der Waals surface area contributed by atoms with Crippen molar-refractivity contribution in [3.8, 4) is 5.75 Å². The molecule has 0 radical (unpaired) electrons. The summed E-state index contributed by atoms with van der Waals surface area (Å²) >= 11 is 0. The average Bonchev–Trinajstić information content (AvgIpc) is 3.42. The smallest absolute Gasteiger partial charge is 0.339 e. The Balaban J connectivity index is 1.63. The minimum absolute atomic E-state index is 0.00498. The summed E-state index contributed by atoms with van der Waals surface area (Å²) in [7, 11) is 1.38. The number of aromatic carboxylic acids is 1. The van der Waals surface area contributed by atoms with E-state index in [-0.39, 0.29) is 35.2 Å². The first kappa shape index (κ1) is 17.8. The first-order valence-corrected chi connectivity index (χ1v) is 8.03. The Labute approximate surface area is 148 Å². The number of carboxylic acid groups (broad SMARTS) is 1. The van der Waals surface area contributed by atoms with Gasteiger partial charge in [-0.3, -0.25) is 4.79 Å². The van der Waals surface area contributed by atoms with Gasteiger partial charge in [-0.05, 0) is 53.8 Å². The third-order valence-electron chi connectivity index (χ3n) is 4.45. The summed E-state index contributed by atoms with van der Waals surface area (Å²) in [6.07, 6.45) is 0.454. The van der Waals surface area contributed by atoms with Crippen molar-refractivity contribution < 1.29 is 28.2 Å². The van der Waals surface area contributed by atoms with Crippen LogP contribution in [0.3, 0.4) is 0 Å². The van der Waals surface area contributed by atoms with Gasteiger partial charge in [-0.25, -0.2) is 13.6 Å². The monoisotopic (exact) mass is 361 g/mol. The van der Waals surface area contributed by atoms with Crippen molar-refractivity contribution in [2.45, 2.75) is 18.9 Å². The molecule has 26 heavy (non-hydrogen) atoms. The molecule has 0 spiro atoms. The first-order chi connectivity index (χ1) is 12.4. The second-order valence-electron chi connectivity index (χ2n) is 6.17. The van der Waals surface area contributed by atoms with E-state index in [1.807, 2.05) is 0 Å². The number of halogens is 2. The van der Waals surface area contributed by atoms with Gasteiger partial charge in [-0.1, -0.05) is 6.07 Å². The maximum Gasteiger partial charge on any atom is 0.339 e. The second-order valence-corrected chi connectivity index (χ2v) is 6.17. The number of benzene rings is 2. The van der Waals surface area contributed by atoms with Gasteiger partial charge in [0.1, 0.15) is 22.9 Å². The second kappa shape index (κ2) is 7.11. The van der Waals surface area contributed by atoms with E-state index in [4.69, 9.17) is 4.74 Å². The standard InChI is InChI=1S/C19H17F2NO4/c1-26-17-5-2-10(6-15(17)19(24)25)9-22-18(23)14-8-12(14)13-7-11(20)3-4-16(13)21/h2-7,12,14H,8-9H2,1H3,(H,22,23)(H,24,25)/t12-,14+/m1/s1. The van der Waals surface area contributed by atoms with E-state index in [0.29, 0.717) is 12.0 Å². The molecule has 136 valence electrons. The van der Waals surface area contributed by atoms with E-state index in [0.717, 1.165) is 18.2 Å². The van der Waals surface area contributed by atoms with E-state index >= 15 is 0 Å². The van der Waals surface area contributed by atoms with Crippen LogP contribution in [0.15, 0.2) is 36.4 Å². The summed E-state index contributed by atoms with van der Waals surface area (Å²) in [6.45, 7) is 0.137. The third kappa shape index (κ3) is 3.66. The number of methoxy groups -OCH3 is 1. The SMILES string of the molecule is COc1ccc(CNC(=O)[C@H]2C[C@@H]2c2cc(F)ccc2F)cc1C(=O)O. The van der Waals surface area contributed by atoms with Gasteiger partial charge in [0, 0.05) is 12.5 Å². The number of nitrogens with one attached hydrogen (secondary N) is 1. The van der Waals surface area contributed by atoms with Gasteiger partial charge in [-0.2, -0.15) is 0 Å². The number of carboxylic acids is 1. The fraction of sp³-hybridized carbons (Fsp3) is 0.263. The summed E-state index contributed by atoms with van der Waals surface area (Å²) in [6, 6.07) is 7.83. The van der Waals surface area contributed by atoms with Crippen molar-refractivity contribution in [3.63, 3.8) is 0 Å². The highest BCUT2D eigenvalue weighted by Crippen LogP contribution is 2.48. The maximum atomic E-state index is 13.8. The topological polar surface area (TPSA) is 75.6 Å². The van der Waals surface area contributed by atoms with E-state index in [9.17, 15) is 23.5 Å². The molecule has 1 fully saturated rings. The average molecular weight is 361 g/mol. The Bertz CT molecular complexity index is 869. The number of carbonyl (C=O) groups is 2. The molecule has 0 heterocycles. The number of hydrogen-bond donors (Lipinski definition) is 2. The van der Waals surface area contributed by atoms with Crippen LogP contribution in [0.4, 0.5) is 8.78 Å². The van der Waals surface area contributed by atoms with E-state index in [1.54, 1.807) is 6.07 Å². The van der Waals surface area contributed by atoms with Gasteiger partial charge in [0.15, 0.2) is 0 Å². The van der Waals surface area contributed by atoms with E-state index < -0.39 is 23.5 Å². The van der Waals surface area contributed by atoms with Gasteiger partial charge in [0.05, 0.1) is 7.11 Å². The molecular formula is C19H17F2NO4. The van der Waals surface area contributed by atoms with Crippen LogP contribution < -0.4 is 10.1 Å². The molecule has 3 rings (SSSR count). The minimum Gasteiger partial charge on any atom is -0.496 e. The predicted molar refractivity (Wildman–Crippen MR) is 89.0 cm³/mol. The van der Waals surface area contributed by atoms with Crippen molar-refractivity contribution >= 4 is 11.9 Å². The Morgan fingerprint density at radius 3 is 2.69 bits per heavy atom. The number of hydrogen-bond acceptors (Lipinski definition) is 3. The summed E-state index contributed by atoms with van der Waals surface area (Å²) in [5.41, 5.74) is 0.818. The van der Waals surface area contributed by atoms with Crippen LogP contribution in [0.2, 0.25) is 0 Å². The zero-order valence-corrected chi connectivity index (χ0v) is 14.0. The zero-order valence-electron chi connectivity index (χ0n) is 14.0. The van der Waals surface area contributed by atoms with Crippen LogP contribution in [-0.4, -0.2) is 24.1 Å². The minimum atomic E-state index is -1.13. The molecule has 0 saturated heterocycles. The summed E-state index contributed by atoms with van der Waals surface area (Å²) in [5.74, 6) is -2.97. The van der Waals surface area contributed by atoms with Crippen LogP contribution in [0, 0.1) is 17.6 Å². The first-order valence-electron chi connectivity index (χ1n) is 8.03. The molecule has 5 nitrogen and oxygen atoms in total. The zero-order chi connectivity index (χ0) is 18.8. The van der Waals surface area contributed by atoms with Crippen molar-refractivity contribution in [2.75, 3.05) is 7.11 Å². The molecular weight excluding hydrogens is 344 g/mol. The molecule has 1 amide bonds. The Morgan fingerprint density at radius 1 is 1.23 bits per heavy atom. The lowest BCUT2D eigenvalue weighted by Gasteiger charge is -2.09. The molecule has 7 heteroatoms. The van der Waals surface area contributed by atoms with Crippen LogP contribution in [0.1, 0.15) is 33.8 Å². The lowest BCUT2D eigenvalue weighted by atomic mass is 10.1. The lowest BCUT2D eigenvalue weighted by Crippen LogP contribution is -2.25. The van der Waals surface area contributed by atoms with Gasteiger partial charge >= 0.3 is 5.97 Å². The normalized spacial score (nSPS) is 18.3. The number of ether oxygens (including phenoxy) is 1. The molecule has 1 aliphatic carbocycles. The fourth-order valence-corrected chi connectivity index (χ4v) is 2.98. The number of rotatable bonds is 6. The number of carbonyl (C=O) groups excluding carboxylic acids is 1. The van der Waals surface area contributed by atoms with Crippen LogP contribution >= 0.6 is 0 Å². The highest BCUT2D eigenvalue weighted by atomic mass is 19.1. The molecule has 0 aliphatic heterocycles. The molecule has 2 aromatic carbocycles. The van der Waals surface area contributed by atoms with Crippen molar-refractivity contribution in [1.82, 2.24) is 5.32 Å². The summed E-state index contributed by atoms with van der Waals surface area (Å²) in [4.78, 5) is 23.4. The fourth-order valence-electron chi connectivity index (χ4n) is 2.98. The molecule has 0 unspecified atom stereocenters. The van der Waals surface area contributed by atoms with E-state index in [1.165, 1.54) is 19.2 Å². The van der Waals surface area contributed by atoms with Crippen LogP contribution in [0.25, 0.3) is 0 Å². The quantitative estimate of drug-likeness (QED) is 0.829. The van der Waals surface area contributed by atoms with Gasteiger partial charge in [0.2, 0.25) is 5.91 Å². The molecule has 2 atom stereocenters. The molecule has 2 aromatic rings. The van der Waals surface area contributed by atoms with Crippen molar-refractivity contribution in [2.24, 2.45) is 5.92 Å². The van der Waals surface area contributed by atoms with Crippen molar-refractivity contribution in [3.05, 3.63) is 64.7 Å². The molecule has 0 aromatic heterocycles. The van der Waals surface area contributed by atoms with Gasteiger partial charge in [0.25, 0.3) is 0 Å². The van der Waals surface area contributed by atoms with Gasteiger partial charge < -0.3 is 15.2 Å². The van der Waals surface area contributed by atoms with Crippen LogP contribution in [-0.2, 0) is 11.3 Å². The number of amides is 1. The third-order valence-corrected chi connectivity index (χ3v) is 4.45. The highest BCUT2D eigenvalue weighted by molar-refractivity contribution is 5.91. The molecule has 2 N–H and O–H groups in total. The highest BCUT2D eigenvalue weighted by Gasteiger charge is 2.45. The van der Waals surface area contributed by atoms with Crippen molar-refractivity contribution in [1.29, 1.82) is 0 Å². The largest absolute Gasteiger partial charge is 0.496 e. The van der Waals surface area contributed by atoms with Crippen LogP contribution in [0.5, 0.6) is 5.75 Å². The van der Waals surface area contributed by atoms with Gasteiger partial charge in [-0.15, -0.1) is 0 Å². The maximum absolute atomic E-state index is 13.8.